The van der Waals surface area contributed by atoms with Gasteiger partial charge < -0.3 is 9.64 Å². The van der Waals surface area contributed by atoms with Gasteiger partial charge in [-0.3, -0.25) is 4.79 Å². The van der Waals surface area contributed by atoms with Crippen LogP contribution >= 0.6 is 12.6 Å². The maximum absolute atomic E-state index is 11.8. The third kappa shape index (κ3) is 2.67. The van der Waals surface area contributed by atoms with Gasteiger partial charge in [-0.05, 0) is 25.1 Å². The molecule has 96 valence electrons. The van der Waals surface area contributed by atoms with E-state index in [2.05, 4.69) is 12.6 Å². The fourth-order valence-corrected chi connectivity index (χ4v) is 2.27. The molecule has 2 rings (SSSR count). The number of esters is 1. The van der Waals surface area contributed by atoms with Gasteiger partial charge >= 0.3 is 5.97 Å². The lowest BCUT2D eigenvalue weighted by molar-refractivity contribution is -0.117. The van der Waals surface area contributed by atoms with Crippen LogP contribution in [0.3, 0.4) is 0 Å². The SMILES string of the molecule is CCOC(=O)c1cccc(N2CC(S)CC2=O)c1. The Morgan fingerprint density at radius 2 is 2.33 bits per heavy atom. The average Bonchev–Trinajstić information content (AvgIpc) is 2.69. The Balaban J connectivity index is 2.22. The number of amides is 1. The summed E-state index contributed by atoms with van der Waals surface area (Å²) in [6.07, 6.45) is 0.437. The lowest BCUT2D eigenvalue weighted by Crippen LogP contribution is -2.24. The van der Waals surface area contributed by atoms with E-state index in [0.29, 0.717) is 25.1 Å². The molecule has 1 heterocycles. The van der Waals surface area contributed by atoms with Crippen molar-refractivity contribution in [2.45, 2.75) is 18.6 Å². The number of thiol groups is 1. The summed E-state index contributed by atoms with van der Waals surface area (Å²) in [5, 5.41) is 0.0590. The molecule has 1 amide bonds. The molecule has 0 saturated carbocycles. The van der Waals surface area contributed by atoms with E-state index in [-0.39, 0.29) is 17.1 Å². The smallest absolute Gasteiger partial charge is 0.338 e. The van der Waals surface area contributed by atoms with Gasteiger partial charge in [-0.1, -0.05) is 6.07 Å². The standard InChI is InChI=1S/C13H15NO3S/c1-2-17-13(16)9-4-3-5-10(6-9)14-8-11(18)7-12(14)15/h3-6,11,18H,2,7-8H2,1H3. The molecule has 1 aromatic rings. The van der Waals surface area contributed by atoms with Crippen LogP contribution in [-0.2, 0) is 9.53 Å². The molecule has 5 heteroatoms. The van der Waals surface area contributed by atoms with Crippen molar-refractivity contribution < 1.29 is 14.3 Å². The minimum Gasteiger partial charge on any atom is -0.462 e. The third-order valence-electron chi connectivity index (χ3n) is 2.77. The van der Waals surface area contributed by atoms with Gasteiger partial charge in [0.1, 0.15) is 0 Å². The molecule has 1 unspecified atom stereocenters. The van der Waals surface area contributed by atoms with Gasteiger partial charge in [-0.2, -0.15) is 12.6 Å². The Kier molecular flexibility index (Phi) is 3.91. The van der Waals surface area contributed by atoms with Crippen molar-refractivity contribution in [3.8, 4) is 0 Å². The highest BCUT2D eigenvalue weighted by atomic mass is 32.1. The molecular formula is C13H15NO3S. The summed E-state index contributed by atoms with van der Waals surface area (Å²) in [5.41, 5.74) is 1.19. The van der Waals surface area contributed by atoms with E-state index in [1.165, 1.54) is 0 Å². The van der Waals surface area contributed by atoms with Crippen molar-refractivity contribution in [3.63, 3.8) is 0 Å². The van der Waals surface area contributed by atoms with Crippen molar-refractivity contribution in [2.75, 3.05) is 18.1 Å². The van der Waals surface area contributed by atoms with Crippen molar-refractivity contribution in [1.29, 1.82) is 0 Å². The first-order chi connectivity index (χ1) is 8.61. The van der Waals surface area contributed by atoms with Crippen LogP contribution in [-0.4, -0.2) is 30.3 Å². The fraction of sp³-hybridized carbons (Fsp3) is 0.385. The first-order valence-electron chi connectivity index (χ1n) is 5.87. The van der Waals surface area contributed by atoms with Gasteiger partial charge in [0.25, 0.3) is 0 Å². The monoisotopic (exact) mass is 265 g/mol. The summed E-state index contributed by atoms with van der Waals surface area (Å²) < 4.78 is 4.94. The van der Waals surface area contributed by atoms with Gasteiger partial charge in [-0.15, -0.1) is 0 Å². The first kappa shape index (κ1) is 13.0. The summed E-state index contributed by atoms with van der Waals surface area (Å²) >= 11 is 4.31. The fourth-order valence-electron chi connectivity index (χ4n) is 1.95. The van der Waals surface area contributed by atoms with Gasteiger partial charge in [0, 0.05) is 23.9 Å². The molecule has 18 heavy (non-hydrogen) atoms. The van der Waals surface area contributed by atoms with E-state index in [0.717, 1.165) is 5.69 Å². The predicted octanol–water partition coefficient (Wildman–Crippen LogP) is 1.90. The minimum atomic E-state index is -0.367. The van der Waals surface area contributed by atoms with Crippen LogP contribution in [0.5, 0.6) is 0 Å². The quantitative estimate of drug-likeness (QED) is 0.670. The van der Waals surface area contributed by atoms with Crippen LogP contribution in [0.25, 0.3) is 0 Å². The third-order valence-corrected chi connectivity index (χ3v) is 3.12. The molecule has 0 radical (unpaired) electrons. The molecule has 1 aromatic carbocycles. The number of nitrogens with zero attached hydrogens (tertiary/aromatic N) is 1. The molecule has 0 N–H and O–H groups in total. The number of ether oxygens (including phenoxy) is 1. The molecule has 1 aliphatic rings. The highest BCUT2D eigenvalue weighted by molar-refractivity contribution is 7.81. The molecular weight excluding hydrogens is 250 g/mol. The summed E-state index contributed by atoms with van der Waals surface area (Å²) in [6, 6.07) is 6.93. The summed E-state index contributed by atoms with van der Waals surface area (Å²) in [7, 11) is 0. The second kappa shape index (κ2) is 5.44. The number of hydrogen-bond acceptors (Lipinski definition) is 4. The van der Waals surface area contributed by atoms with E-state index in [4.69, 9.17) is 4.74 Å². The average molecular weight is 265 g/mol. The molecule has 1 saturated heterocycles. The number of rotatable bonds is 3. The van der Waals surface area contributed by atoms with E-state index in [1.54, 1.807) is 30.0 Å². The minimum absolute atomic E-state index is 0.0380. The topological polar surface area (TPSA) is 46.6 Å². The molecule has 1 aliphatic heterocycles. The number of carbonyl (C=O) groups excluding carboxylic acids is 2. The maximum Gasteiger partial charge on any atom is 0.338 e. The van der Waals surface area contributed by atoms with Gasteiger partial charge in [0.2, 0.25) is 5.91 Å². The summed E-state index contributed by atoms with van der Waals surface area (Å²) in [6.45, 7) is 2.68. The van der Waals surface area contributed by atoms with E-state index in [9.17, 15) is 9.59 Å². The second-order valence-corrected chi connectivity index (χ2v) is 4.86. The zero-order valence-corrected chi connectivity index (χ0v) is 11.0. The molecule has 1 fully saturated rings. The van der Waals surface area contributed by atoms with Crippen LogP contribution in [0.2, 0.25) is 0 Å². The van der Waals surface area contributed by atoms with E-state index in [1.807, 2.05) is 6.07 Å². The second-order valence-electron chi connectivity index (χ2n) is 4.13. The number of anilines is 1. The Hall–Kier alpha value is -1.49. The van der Waals surface area contributed by atoms with Gasteiger partial charge in [-0.25, -0.2) is 4.79 Å². The molecule has 0 aromatic heterocycles. The van der Waals surface area contributed by atoms with Crippen LogP contribution < -0.4 is 4.90 Å². The maximum atomic E-state index is 11.8. The molecule has 0 bridgehead atoms. The summed E-state index contributed by atoms with van der Waals surface area (Å²) in [4.78, 5) is 25.0. The number of hydrogen-bond donors (Lipinski definition) is 1. The van der Waals surface area contributed by atoms with Crippen molar-refractivity contribution in [3.05, 3.63) is 29.8 Å². The van der Waals surface area contributed by atoms with Crippen LogP contribution in [0.4, 0.5) is 5.69 Å². The Morgan fingerprint density at radius 3 is 2.94 bits per heavy atom. The van der Waals surface area contributed by atoms with Crippen LogP contribution in [0.1, 0.15) is 23.7 Å². The lowest BCUT2D eigenvalue weighted by Gasteiger charge is -2.16. The molecule has 4 nitrogen and oxygen atoms in total. The Labute approximate surface area is 111 Å². The number of carbonyl (C=O) groups is 2. The van der Waals surface area contributed by atoms with Crippen molar-refractivity contribution in [2.24, 2.45) is 0 Å². The zero-order chi connectivity index (χ0) is 13.1. The highest BCUT2D eigenvalue weighted by Gasteiger charge is 2.28. The van der Waals surface area contributed by atoms with Gasteiger partial charge in [0.15, 0.2) is 0 Å². The first-order valence-corrected chi connectivity index (χ1v) is 6.39. The van der Waals surface area contributed by atoms with Gasteiger partial charge in [0.05, 0.1) is 12.2 Å². The molecule has 1 atom stereocenters. The summed E-state index contributed by atoms with van der Waals surface area (Å²) in [5.74, 6) is -0.329. The molecule has 0 spiro atoms. The van der Waals surface area contributed by atoms with Crippen molar-refractivity contribution in [1.82, 2.24) is 0 Å². The van der Waals surface area contributed by atoms with E-state index >= 15 is 0 Å². The zero-order valence-electron chi connectivity index (χ0n) is 10.1. The van der Waals surface area contributed by atoms with Crippen molar-refractivity contribution >= 4 is 30.2 Å². The molecule has 0 aliphatic carbocycles. The lowest BCUT2D eigenvalue weighted by atomic mass is 10.2. The van der Waals surface area contributed by atoms with E-state index < -0.39 is 0 Å². The Morgan fingerprint density at radius 1 is 1.56 bits per heavy atom. The predicted molar refractivity (Wildman–Crippen MR) is 72.1 cm³/mol. The van der Waals surface area contributed by atoms with Crippen LogP contribution in [0, 0.1) is 0 Å². The normalized spacial score (nSPS) is 19.1. The highest BCUT2D eigenvalue weighted by Crippen LogP contribution is 2.24. The Bertz CT molecular complexity index is 475. The van der Waals surface area contributed by atoms with Crippen LogP contribution in [0.15, 0.2) is 24.3 Å². The largest absolute Gasteiger partial charge is 0.462 e. The number of benzene rings is 1.